The number of nitrogens with zero attached hydrogens (tertiary/aromatic N) is 4. The van der Waals surface area contributed by atoms with Crippen LogP contribution in [0.4, 0.5) is 11.6 Å². The molecule has 1 aliphatic heterocycles. The molecule has 30 heavy (non-hydrogen) atoms. The summed E-state index contributed by atoms with van der Waals surface area (Å²) in [5.41, 5.74) is 3.17. The van der Waals surface area contributed by atoms with Gasteiger partial charge in [0.1, 0.15) is 0 Å². The van der Waals surface area contributed by atoms with Crippen LogP contribution in [0.3, 0.4) is 0 Å². The van der Waals surface area contributed by atoms with Crippen LogP contribution in [-0.4, -0.2) is 71.4 Å². The van der Waals surface area contributed by atoms with Crippen molar-refractivity contribution in [3.05, 3.63) is 47.3 Å². The van der Waals surface area contributed by atoms with Gasteiger partial charge in [-0.2, -0.15) is 0 Å². The molecular weight excluding hydrogens is 380 g/mol. The van der Waals surface area contributed by atoms with E-state index in [2.05, 4.69) is 32.5 Å². The van der Waals surface area contributed by atoms with Crippen LogP contribution in [0.5, 0.6) is 0 Å². The zero-order valence-electron chi connectivity index (χ0n) is 17.9. The van der Waals surface area contributed by atoms with Crippen LogP contribution in [0.15, 0.2) is 30.3 Å². The summed E-state index contributed by atoms with van der Waals surface area (Å²) in [4.78, 5) is 37.5. The lowest BCUT2D eigenvalue weighted by Crippen LogP contribution is -2.47. The molecule has 1 aromatic heterocycles. The molecule has 2 N–H and O–H groups in total. The number of aryl methyl sites for hydroxylation is 2. The maximum absolute atomic E-state index is 12.6. The molecule has 0 saturated carbocycles. The Labute approximate surface area is 177 Å². The lowest BCUT2D eigenvalue weighted by Gasteiger charge is -2.32. The molecule has 0 bridgehead atoms. The van der Waals surface area contributed by atoms with Gasteiger partial charge in [0.2, 0.25) is 11.9 Å². The average molecular weight is 411 g/mol. The Morgan fingerprint density at radius 1 is 1.00 bits per heavy atom. The number of hydrogen-bond donors (Lipinski definition) is 2. The Kier molecular flexibility index (Phi) is 7.35. The Bertz CT molecular complexity index is 855. The summed E-state index contributed by atoms with van der Waals surface area (Å²) in [6.07, 6.45) is 1.06. The van der Waals surface area contributed by atoms with Gasteiger partial charge in [0.25, 0.3) is 5.91 Å². The average Bonchev–Trinajstić information content (AvgIpc) is 2.71. The topological polar surface area (TPSA) is 90.5 Å². The zero-order valence-corrected chi connectivity index (χ0v) is 17.9. The molecule has 1 fully saturated rings. The number of carbonyl (C=O) groups excluding carboxylic acids is 2. The highest BCUT2D eigenvalue weighted by molar-refractivity contribution is 5.95. The third-order valence-corrected chi connectivity index (χ3v) is 5.05. The van der Waals surface area contributed by atoms with Crippen molar-refractivity contribution in [2.45, 2.75) is 26.7 Å². The summed E-state index contributed by atoms with van der Waals surface area (Å²) < 4.78 is 0. The van der Waals surface area contributed by atoms with Crippen molar-refractivity contribution in [3.8, 4) is 0 Å². The molecular formula is C22H30N6O2. The summed E-state index contributed by atoms with van der Waals surface area (Å²) in [5.74, 6) is 0.574. The van der Waals surface area contributed by atoms with E-state index in [0.29, 0.717) is 36.6 Å². The van der Waals surface area contributed by atoms with Gasteiger partial charge in [-0.05, 0) is 57.6 Å². The highest BCUT2D eigenvalue weighted by Gasteiger charge is 2.20. The second kappa shape index (κ2) is 10.2. The molecule has 3 rings (SSSR count). The van der Waals surface area contributed by atoms with E-state index >= 15 is 0 Å². The van der Waals surface area contributed by atoms with Crippen LogP contribution in [-0.2, 0) is 4.79 Å². The van der Waals surface area contributed by atoms with Gasteiger partial charge in [-0.3, -0.25) is 9.59 Å². The maximum Gasteiger partial charge on any atom is 0.253 e. The number of anilines is 2. The number of amides is 2. The number of nitrogens with one attached hydrogen (secondary N) is 2. The van der Waals surface area contributed by atoms with Crippen LogP contribution in [0, 0.1) is 13.8 Å². The minimum Gasteiger partial charge on any atom is -0.354 e. The fourth-order valence-electron chi connectivity index (χ4n) is 3.37. The van der Waals surface area contributed by atoms with E-state index in [-0.39, 0.29) is 11.8 Å². The summed E-state index contributed by atoms with van der Waals surface area (Å²) in [7, 11) is 2.06. The molecule has 2 amide bonds. The van der Waals surface area contributed by atoms with Crippen LogP contribution in [0.1, 0.15) is 34.6 Å². The van der Waals surface area contributed by atoms with E-state index in [9.17, 15) is 9.59 Å². The fraction of sp³-hybridized carbons (Fsp3) is 0.455. The lowest BCUT2D eigenvalue weighted by atomic mass is 10.1. The number of aromatic nitrogens is 2. The molecule has 8 heteroatoms. The smallest absolute Gasteiger partial charge is 0.253 e. The lowest BCUT2D eigenvalue weighted by molar-refractivity contribution is -0.116. The van der Waals surface area contributed by atoms with E-state index in [0.717, 1.165) is 37.6 Å². The molecule has 160 valence electrons. The van der Waals surface area contributed by atoms with Crippen molar-refractivity contribution in [2.24, 2.45) is 0 Å². The van der Waals surface area contributed by atoms with Crippen molar-refractivity contribution in [1.82, 2.24) is 19.8 Å². The Balaban J connectivity index is 1.41. The number of benzene rings is 1. The number of carbonyl (C=O) groups is 2. The zero-order chi connectivity index (χ0) is 21.5. The van der Waals surface area contributed by atoms with Crippen molar-refractivity contribution >= 4 is 23.5 Å². The summed E-state index contributed by atoms with van der Waals surface area (Å²) >= 11 is 0. The molecule has 2 aromatic rings. The molecule has 0 radical (unpaired) electrons. The van der Waals surface area contributed by atoms with E-state index in [1.165, 1.54) is 0 Å². The number of piperazine rings is 1. The highest BCUT2D eigenvalue weighted by Crippen LogP contribution is 2.13. The van der Waals surface area contributed by atoms with Gasteiger partial charge in [-0.1, -0.05) is 0 Å². The van der Waals surface area contributed by atoms with Gasteiger partial charge < -0.3 is 20.4 Å². The number of rotatable bonds is 7. The first kappa shape index (κ1) is 21.7. The van der Waals surface area contributed by atoms with Gasteiger partial charge in [0.15, 0.2) is 0 Å². The summed E-state index contributed by atoms with van der Waals surface area (Å²) in [6.45, 7) is 7.75. The monoisotopic (exact) mass is 410 g/mol. The Morgan fingerprint density at radius 2 is 1.63 bits per heavy atom. The van der Waals surface area contributed by atoms with Gasteiger partial charge in [0, 0.05) is 61.8 Å². The third kappa shape index (κ3) is 6.25. The normalized spacial score (nSPS) is 14.4. The third-order valence-electron chi connectivity index (χ3n) is 5.05. The predicted molar refractivity (Wildman–Crippen MR) is 118 cm³/mol. The molecule has 0 atom stereocenters. The quantitative estimate of drug-likeness (QED) is 0.681. The van der Waals surface area contributed by atoms with Crippen molar-refractivity contribution in [3.63, 3.8) is 0 Å². The minimum atomic E-state index is -0.0590. The maximum atomic E-state index is 12.6. The fourth-order valence-corrected chi connectivity index (χ4v) is 3.37. The summed E-state index contributed by atoms with van der Waals surface area (Å²) in [6, 6.07) is 9.03. The first-order valence-electron chi connectivity index (χ1n) is 10.3. The van der Waals surface area contributed by atoms with Crippen molar-refractivity contribution < 1.29 is 9.59 Å². The number of likely N-dealkylation sites (N-methyl/N-ethyl adjacent to an activating group) is 1. The first-order valence-corrected chi connectivity index (χ1v) is 10.3. The van der Waals surface area contributed by atoms with Crippen LogP contribution in [0.2, 0.25) is 0 Å². The first-order chi connectivity index (χ1) is 14.4. The van der Waals surface area contributed by atoms with Crippen molar-refractivity contribution in [1.29, 1.82) is 0 Å². The molecule has 1 aliphatic rings. The molecule has 2 heterocycles. The SMILES string of the molecule is Cc1cc(C)nc(NCCCC(=O)Nc2ccc(C(=O)N3CCN(C)CC3)cc2)n1. The summed E-state index contributed by atoms with van der Waals surface area (Å²) in [5, 5.41) is 6.03. The largest absolute Gasteiger partial charge is 0.354 e. The van der Waals surface area contributed by atoms with Crippen LogP contribution in [0.25, 0.3) is 0 Å². The highest BCUT2D eigenvalue weighted by atomic mass is 16.2. The molecule has 0 aliphatic carbocycles. The van der Waals surface area contributed by atoms with Gasteiger partial charge >= 0.3 is 0 Å². The Morgan fingerprint density at radius 3 is 2.27 bits per heavy atom. The molecule has 1 saturated heterocycles. The molecule has 0 spiro atoms. The van der Waals surface area contributed by atoms with Crippen molar-refractivity contribution in [2.75, 3.05) is 50.4 Å². The second-order valence-electron chi connectivity index (χ2n) is 7.73. The number of hydrogen-bond acceptors (Lipinski definition) is 6. The predicted octanol–water partition coefficient (Wildman–Crippen LogP) is 2.31. The van der Waals surface area contributed by atoms with Crippen LogP contribution >= 0.6 is 0 Å². The standard InChI is InChI=1S/C22H30N6O2/c1-16-15-17(2)25-22(24-16)23-10-4-5-20(29)26-19-8-6-18(7-9-19)21(30)28-13-11-27(3)12-14-28/h6-9,15H,4-5,10-14H2,1-3H3,(H,26,29)(H,23,24,25). The van der Waals surface area contributed by atoms with Gasteiger partial charge in [0.05, 0.1) is 0 Å². The van der Waals surface area contributed by atoms with E-state index in [4.69, 9.17) is 0 Å². The van der Waals surface area contributed by atoms with Gasteiger partial charge in [-0.25, -0.2) is 9.97 Å². The van der Waals surface area contributed by atoms with Crippen LogP contribution < -0.4 is 10.6 Å². The molecule has 0 unspecified atom stereocenters. The van der Waals surface area contributed by atoms with E-state index in [1.807, 2.05) is 24.8 Å². The van der Waals surface area contributed by atoms with E-state index in [1.54, 1.807) is 24.3 Å². The van der Waals surface area contributed by atoms with E-state index < -0.39 is 0 Å². The van der Waals surface area contributed by atoms with Gasteiger partial charge in [-0.15, -0.1) is 0 Å². The molecule has 8 nitrogen and oxygen atoms in total. The molecule has 1 aromatic carbocycles. The minimum absolute atomic E-state index is 0.0423. The Hall–Kier alpha value is -3.00. The second-order valence-corrected chi connectivity index (χ2v) is 7.73.